The number of amides is 2. The predicted octanol–water partition coefficient (Wildman–Crippen LogP) is 3.17. The van der Waals surface area contributed by atoms with Crippen molar-refractivity contribution in [3.63, 3.8) is 0 Å². The van der Waals surface area contributed by atoms with Crippen LogP contribution in [0.2, 0.25) is 5.02 Å². The van der Waals surface area contributed by atoms with Crippen molar-refractivity contribution >= 4 is 46.9 Å². The Bertz CT molecular complexity index is 1330. The van der Waals surface area contributed by atoms with Crippen molar-refractivity contribution in [3.8, 4) is 11.5 Å². The second-order valence-electron chi connectivity index (χ2n) is 7.73. The molecule has 206 valence electrons. The molecular weight excluding hydrogens is 526 g/mol. The number of hydrogen-bond acceptors (Lipinski definition) is 8. The van der Waals surface area contributed by atoms with Gasteiger partial charge in [0.2, 0.25) is 5.91 Å². The van der Waals surface area contributed by atoms with Crippen molar-refractivity contribution in [1.29, 1.82) is 5.41 Å². The highest BCUT2D eigenvalue weighted by atomic mass is 35.5. The van der Waals surface area contributed by atoms with Gasteiger partial charge in [-0.3, -0.25) is 19.8 Å². The molecule has 0 atom stereocenters. The molecule has 0 spiro atoms. The summed E-state index contributed by atoms with van der Waals surface area (Å²) in [6.45, 7) is 1.94. The molecule has 11 nitrogen and oxygen atoms in total. The number of halogens is 1. The Morgan fingerprint density at radius 1 is 1.03 bits per heavy atom. The number of aliphatic hydroxyl groups is 1. The van der Waals surface area contributed by atoms with Gasteiger partial charge in [-0.05, 0) is 61.5 Å². The minimum Gasteiger partial charge on any atom is -0.490 e. The van der Waals surface area contributed by atoms with Gasteiger partial charge in [-0.1, -0.05) is 11.6 Å². The first-order valence-corrected chi connectivity index (χ1v) is 12.0. The zero-order chi connectivity index (χ0) is 28.9. The number of amidine groups is 1. The first kappa shape index (κ1) is 30.6. The van der Waals surface area contributed by atoms with E-state index in [1.165, 1.54) is 18.2 Å². The molecule has 0 saturated carbocycles. The van der Waals surface area contributed by atoms with Gasteiger partial charge < -0.3 is 36.7 Å². The highest BCUT2D eigenvalue weighted by Gasteiger charge is 2.18. The maximum Gasteiger partial charge on any atom is 0.257 e. The summed E-state index contributed by atoms with van der Waals surface area (Å²) in [4.78, 5) is 35.9. The number of nitrogens with one attached hydrogen (secondary N) is 3. The quantitative estimate of drug-likeness (QED) is 0.111. The number of benzene rings is 3. The van der Waals surface area contributed by atoms with E-state index < -0.39 is 11.8 Å². The highest BCUT2D eigenvalue weighted by molar-refractivity contribution is 6.31. The number of carbonyl (C=O) groups excluding carboxylic acids is 3. The van der Waals surface area contributed by atoms with Crippen LogP contribution in [-0.4, -0.2) is 49.4 Å². The average Bonchev–Trinajstić information content (AvgIpc) is 2.93. The van der Waals surface area contributed by atoms with Gasteiger partial charge in [-0.25, -0.2) is 0 Å². The van der Waals surface area contributed by atoms with Crippen LogP contribution in [0, 0.1) is 5.41 Å². The highest BCUT2D eigenvalue weighted by Crippen LogP contribution is 2.34. The van der Waals surface area contributed by atoms with E-state index in [-0.39, 0.29) is 41.6 Å². The van der Waals surface area contributed by atoms with Crippen molar-refractivity contribution in [2.75, 3.05) is 31.0 Å². The number of rotatable bonds is 12. The number of hydrogen-bond donors (Lipinski definition) is 6. The minimum atomic E-state index is -0.661. The maximum atomic E-state index is 13.1. The zero-order valence-electron chi connectivity index (χ0n) is 21.4. The van der Waals surface area contributed by atoms with Crippen LogP contribution in [0.3, 0.4) is 0 Å². The molecule has 0 aliphatic heterocycles. The number of primary amides is 1. The maximum absolute atomic E-state index is 13.1. The fourth-order valence-corrected chi connectivity index (χ4v) is 3.63. The lowest BCUT2D eigenvalue weighted by Crippen LogP contribution is -2.17. The molecule has 0 saturated heterocycles. The molecule has 0 bridgehead atoms. The van der Waals surface area contributed by atoms with Crippen LogP contribution in [0.25, 0.3) is 0 Å². The van der Waals surface area contributed by atoms with Crippen LogP contribution < -0.4 is 31.6 Å². The molecule has 0 heterocycles. The van der Waals surface area contributed by atoms with Crippen LogP contribution >= 0.6 is 11.6 Å². The molecular formula is C27H30ClN5O6. The van der Waals surface area contributed by atoms with Gasteiger partial charge in [0.15, 0.2) is 17.8 Å². The topological polar surface area (TPSA) is 190 Å². The Morgan fingerprint density at radius 3 is 2.31 bits per heavy atom. The molecule has 3 rings (SSSR count). The zero-order valence-corrected chi connectivity index (χ0v) is 22.2. The molecule has 2 amide bonds. The van der Waals surface area contributed by atoms with Gasteiger partial charge in [-0.2, -0.15) is 0 Å². The van der Waals surface area contributed by atoms with Gasteiger partial charge in [0.1, 0.15) is 12.4 Å². The number of carbonyl (C=O) groups is 3. The molecule has 3 aromatic carbocycles. The van der Waals surface area contributed by atoms with Crippen molar-refractivity contribution < 1.29 is 29.0 Å². The third kappa shape index (κ3) is 8.45. The molecule has 0 aliphatic carbocycles. The number of nitrogen functional groups attached to an aromatic ring is 1. The van der Waals surface area contributed by atoms with E-state index >= 15 is 0 Å². The van der Waals surface area contributed by atoms with Crippen molar-refractivity contribution in [1.82, 2.24) is 0 Å². The third-order valence-corrected chi connectivity index (χ3v) is 5.40. The lowest BCUT2D eigenvalue weighted by molar-refractivity contribution is -0.109. The van der Waals surface area contributed by atoms with Crippen LogP contribution in [0.15, 0.2) is 54.6 Å². The third-order valence-electron chi connectivity index (χ3n) is 5.16. The van der Waals surface area contributed by atoms with E-state index in [0.717, 1.165) is 7.11 Å². The van der Waals surface area contributed by atoms with Crippen molar-refractivity contribution in [3.05, 3.63) is 81.9 Å². The minimum absolute atomic E-state index is 0.0800. The average molecular weight is 556 g/mol. The summed E-state index contributed by atoms with van der Waals surface area (Å²) in [7, 11) is 1.00. The Morgan fingerprint density at radius 2 is 1.72 bits per heavy atom. The van der Waals surface area contributed by atoms with Gasteiger partial charge in [-0.15, -0.1) is 0 Å². The van der Waals surface area contributed by atoms with Gasteiger partial charge >= 0.3 is 0 Å². The van der Waals surface area contributed by atoms with Crippen LogP contribution in [0.1, 0.15) is 38.8 Å². The SMILES string of the molecule is CCOc1cc(C(N)=O)cc(CNc2ccc(Cl)cc2C(=O)Nc2ccc(C(=N)N)cc2)c1OCC=O.CO. The number of aldehydes is 1. The van der Waals surface area contributed by atoms with Gasteiger partial charge in [0.05, 0.1) is 12.2 Å². The Kier molecular flexibility index (Phi) is 11.7. The lowest BCUT2D eigenvalue weighted by Gasteiger charge is -2.18. The second-order valence-corrected chi connectivity index (χ2v) is 8.16. The number of ether oxygens (including phenoxy) is 2. The Hall–Kier alpha value is -4.61. The van der Waals surface area contributed by atoms with Gasteiger partial charge in [0, 0.05) is 46.7 Å². The largest absolute Gasteiger partial charge is 0.490 e. The van der Waals surface area contributed by atoms with Crippen molar-refractivity contribution in [2.24, 2.45) is 11.5 Å². The van der Waals surface area contributed by atoms with Crippen LogP contribution in [-0.2, 0) is 11.3 Å². The standard InChI is InChI=1S/C26H26ClN5O5.CH4O/c1-2-36-22-12-16(25(30)34)11-17(23(22)37-10-9-33)14-31-21-8-5-18(27)13-20(21)26(35)32-19-6-3-15(4-7-19)24(28)29;1-2/h3-9,11-13,31H,2,10,14H2,1H3,(H3,28,29)(H2,30,34)(H,32,35);2H,1H3. The van der Waals surface area contributed by atoms with Crippen molar-refractivity contribution in [2.45, 2.75) is 13.5 Å². The van der Waals surface area contributed by atoms with Crippen LogP contribution in [0.4, 0.5) is 11.4 Å². The first-order valence-electron chi connectivity index (χ1n) is 11.6. The molecule has 0 aliphatic rings. The summed E-state index contributed by atoms with van der Waals surface area (Å²) >= 11 is 6.16. The summed E-state index contributed by atoms with van der Waals surface area (Å²) in [6.07, 6.45) is 0.597. The Balaban J connectivity index is 0.00000260. The molecule has 0 aromatic heterocycles. The van der Waals surface area contributed by atoms with Crippen LogP contribution in [0.5, 0.6) is 11.5 Å². The summed E-state index contributed by atoms with van der Waals surface area (Å²) in [5, 5.41) is 20.8. The monoisotopic (exact) mass is 555 g/mol. The molecule has 0 radical (unpaired) electrons. The van der Waals surface area contributed by atoms with E-state index in [2.05, 4.69) is 10.6 Å². The molecule has 8 N–H and O–H groups in total. The molecule has 12 heteroatoms. The lowest BCUT2D eigenvalue weighted by atomic mass is 10.1. The first-order chi connectivity index (χ1) is 18.7. The number of aliphatic hydroxyl groups excluding tert-OH is 1. The molecule has 0 fully saturated rings. The van der Waals surface area contributed by atoms with E-state index in [4.69, 9.17) is 43.1 Å². The van der Waals surface area contributed by atoms with E-state index in [0.29, 0.717) is 40.4 Å². The normalized spacial score (nSPS) is 9.95. The van der Waals surface area contributed by atoms with E-state index in [9.17, 15) is 14.4 Å². The van der Waals surface area contributed by atoms with Gasteiger partial charge in [0.25, 0.3) is 5.91 Å². The summed E-state index contributed by atoms with van der Waals surface area (Å²) in [6, 6.07) is 14.3. The summed E-state index contributed by atoms with van der Waals surface area (Å²) in [5.41, 5.74) is 13.4. The molecule has 3 aromatic rings. The number of anilines is 2. The second kappa shape index (κ2) is 15.0. The number of nitrogens with two attached hydrogens (primary N) is 2. The predicted molar refractivity (Wildman–Crippen MR) is 150 cm³/mol. The Labute approximate surface area is 230 Å². The fourth-order valence-electron chi connectivity index (χ4n) is 3.46. The smallest absolute Gasteiger partial charge is 0.257 e. The molecule has 39 heavy (non-hydrogen) atoms. The fraction of sp³-hybridized carbons (Fsp3) is 0.185. The molecule has 0 unspecified atom stereocenters. The summed E-state index contributed by atoms with van der Waals surface area (Å²) < 4.78 is 11.2. The van der Waals surface area contributed by atoms with E-state index in [1.807, 2.05) is 0 Å². The van der Waals surface area contributed by atoms with E-state index in [1.54, 1.807) is 43.3 Å². The summed E-state index contributed by atoms with van der Waals surface area (Å²) in [5.74, 6) is -0.633.